The molecule has 12 nitrogen and oxygen atoms in total. The molecular formula is C18H12N6O6S2. The Morgan fingerprint density at radius 1 is 1.25 bits per heavy atom. The minimum absolute atomic E-state index is 0.0977. The van der Waals surface area contributed by atoms with E-state index in [0.29, 0.717) is 10.2 Å². The zero-order valence-corrected chi connectivity index (χ0v) is 17.5. The number of nitrogens with zero attached hydrogens (tertiary/aromatic N) is 6. The van der Waals surface area contributed by atoms with Gasteiger partial charge in [0.2, 0.25) is 16.7 Å². The van der Waals surface area contributed by atoms with Gasteiger partial charge in [0.05, 0.1) is 21.4 Å². The Morgan fingerprint density at radius 3 is 2.75 bits per heavy atom. The summed E-state index contributed by atoms with van der Waals surface area (Å²) in [6.07, 6.45) is 2.38. The van der Waals surface area contributed by atoms with Crippen molar-refractivity contribution in [2.75, 3.05) is 0 Å². The van der Waals surface area contributed by atoms with Gasteiger partial charge < -0.3 is 9.84 Å². The van der Waals surface area contributed by atoms with Crippen molar-refractivity contribution in [2.45, 2.75) is 4.90 Å². The van der Waals surface area contributed by atoms with Gasteiger partial charge in [-0.25, -0.2) is 14.8 Å². The van der Waals surface area contributed by atoms with Gasteiger partial charge in [0.25, 0.3) is 10.1 Å². The molecule has 0 bridgehead atoms. The number of thiazole rings is 1. The predicted octanol–water partition coefficient (Wildman–Crippen LogP) is 3.55. The van der Waals surface area contributed by atoms with Crippen LogP contribution in [0, 0.1) is 0 Å². The van der Waals surface area contributed by atoms with Crippen LogP contribution in [-0.2, 0) is 14.9 Å². The van der Waals surface area contributed by atoms with Crippen molar-refractivity contribution >= 4 is 48.5 Å². The molecule has 4 aromatic rings. The first kappa shape index (κ1) is 21.2. The van der Waals surface area contributed by atoms with Crippen molar-refractivity contribution in [3.05, 3.63) is 61.1 Å². The number of pyridine rings is 1. The van der Waals surface area contributed by atoms with Gasteiger partial charge in [0.1, 0.15) is 0 Å². The number of carbonyl (C=O) groups excluding carboxylic acids is 1. The molecule has 14 heteroatoms. The van der Waals surface area contributed by atoms with Crippen LogP contribution in [0.3, 0.4) is 0 Å². The van der Waals surface area contributed by atoms with Crippen LogP contribution >= 0.6 is 11.3 Å². The van der Waals surface area contributed by atoms with Crippen molar-refractivity contribution in [3.63, 3.8) is 0 Å². The summed E-state index contributed by atoms with van der Waals surface area (Å²) in [6, 6.07) is 8.72. The fourth-order valence-electron chi connectivity index (χ4n) is 2.59. The fourth-order valence-corrected chi connectivity index (χ4v) is 4.00. The number of hydrogen-bond acceptors (Lipinski definition) is 11. The Kier molecular flexibility index (Phi) is 5.48. The molecule has 0 atom stereocenters. The van der Waals surface area contributed by atoms with Crippen LogP contribution in [0.2, 0.25) is 0 Å². The lowest BCUT2D eigenvalue weighted by Gasteiger charge is -2.00. The molecule has 0 aliphatic rings. The molecule has 2 N–H and O–H groups in total. The number of rotatable bonds is 6. The van der Waals surface area contributed by atoms with E-state index >= 15 is 0 Å². The van der Waals surface area contributed by atoms with E-state index in [-0.39, 0.29) is 27.2 Å². The van der Waals surface area contributed by atoms with Crippen LogP contribution in [0.25, 0.3) is 16.0 Å². The zero-order chi connectivity index (χ0) is 22.9. The Morgan fingerprint density at radius 2 is 2.06 bits per heavy atom. The van der Waals surface area contributed by atoms with Crippen LogP contribution in [0.4, 0.5) is 10.8 Å². The minimum atomic E-state index is -4.37. The number of aromatic nitrogens is 4. The maximum atomic E-state index is 12.2. The first-order valence-corrected chi connectivity index (χ1v) is 10.9. The Bertz CT molecular complexity index is 1480. The van der Waals surface area contributed by atoms with Crippen molar-refractivity contribution in [1.82, 2.24) is 19.7 Å². The quantitative estimate of drug-likeness (QED) is 0.184. The number of ether oxygens (including phenoxy) is 1. The van der Waals surface area contributed by atoms with E-state index in [4.69, 9.17) is 4.74 Å². The second-order valence-electron chi connectivity index (χ2n) is 5.99. The van der Waals surface area contributed by atoms with Gasteiger partial charge in [-0.15, -0.1) is 10.2 Å². The molecule has 1 aromatic carbocycles. The normalized spacial score (nSPS) is 11.8. The average molecular weight is 472 g/mol. The molecule has 0 saturated carbocycles. The molecule has 3 heterocycles. The molecule has 3 aromatic heterocycles. The molecule has 0 amide bonds. The molecule has 0 radical (unpaired) electrons. The zero-order valence-electron chi connectivity index (χ0n) is 15.9. The molecule has 162 valence electrons. The van der Waals surface area contributed by atoms with Gasteiger partial charge in [0.15, 0.2) is 11.5 Å². The molecule has 0 fully saturated rings. The molecule has 0 unspecified atom stereocenters. The summed E-state index contributed by atoms with van der Waals surface area (Å²) < 4.78 is 38.0. The lowest BCUT2D eigenvalue weighted by atomic mass is 10.3. The number of carbonyl (C=O) groups is 1. The first-order valence-electron chi connectivity index (χ1n) is 8.63. The molecule has 4 rings (SSSR count). The standard InChI is InChI=1S/C18H12N6O6S2/c1-2-30-17(26)15-14(16(25)24(23-15)13-5-3-4-8-19-13)21-22-18-20-11-7-6-10(32(27,28)29)9-12(11)31-18/h2-9,25H,1H2,(H,27,28,29). The van der Waals surface area contributed by atoms with Crippen LogP contribution < -0.4 is 0 Å². The molecule has 0 spiro atoms. The second-order valence-corrected chi connectivity index (χ2v) is 8.42. The summed E-state index contributed by atoms with van der Waals surface area (Å²) in [5, 5.41) is 22.5. The summed E-state index contributed by atoms with van der Waals surface area (Å²) in [4.78, 5) is 20.2. The van der Waals surface area contributed by atoms with E-state index in [9.17, 15) is 22.9 Å². The van der Waals surface area contributed by atoms with E-state index in [1.54, 1.807) is 18.2 Å². The van der Waals surface area contributed by atoms with Crippen LogP contribution in [-0.4, -0.2) is 43.8 Å². The third-order valence-electron chi connectivity index (χ3n) is 3.97. The van der Waals surface area contributed by atoms with Crippen LogP contribution in [0.1, 0.15) is 10.5 Å². The van der Waals surface area contributed by atoms with Crippen LogP contribution in [0.5, 0.6) is 5.88 Å². The van der Waals surface area contributed by atoms with Crippen molar-refractivity contribution < 1.29 is 27.6 Å². The second kappa shape index (κ2) is 8.26. The van der Waals surface area contributed by atoms with Crippen molar-refractivity contribution in [1.29, 1.82) is 0 Å². The SMILES string of the molecule is C=COC(=O)c1nn(-c2ccccn2)c(O)c1N=Nc1nc2ccc(S(=O)(=O)O)cc2s1. The van der Waals surface area contributed by atoms with Gasteiger partial charge in [0, 0.05) is 6.20 Å². The lowest BCUT2D eigenvalue weighted by molar-refractivity contribution is 0.0658. The monoisotopic (exact) mass is 472 g/mol. The summed E-state index contributed by atoms with van der Waals surface area (Å²) >= 11 is 0.980. The number of hydrogen-bond donors (Lipinski definition) is 2. The van der Waals surface area contributed by atoms with Gasteiger partial charge >= 0.3 is 5.97 Å². The Labute approximate surface area is 183 Å². The number of aromatic hydroxyl groups is 1. The van der Waals surface area contributed by atoms with Gasteiger partial charge in [-0.1, -0.05) is 24.0 Å². The van der Waals surface area contributed by atoms with Gasteiger partial charge in [-0.05, 0) is 30.3 Å². The van der Waals surface area contributed by atoms with Crippen LogP contribution in [0.15, 0.2) is 70.6 Å². The number of esters is 1. The number of fused-ring (bicyclic) bond motifs is 1. The maximum Gasteiger partial charge on any atom is 0.366 e. The first-order chi connectivity index (χ1) is 15.3. The van der Waals surface area contributed by atoms with E-state index < -0.39 is 22.0 Å². The largest absolute Gasteiger partial charge is 0.492 e. The van der Waals surface area contributed by atoms with E-state index in [1.165, 1.54) is 24.4 Å². The fraction of sp³-hybridized carbons (Fsp3) is 0. The number of azo groups is 1. The van der Waals surface area contributed by atoms with Crippen molar-refractivity contribution in [2.24, 2.45) is 10.2 Å². The predicted molar refractivity (Wildman–Crippen MR) is 112 cm³/mol. The lowest BCUT2D eigenvalue weighted by Crippen LogP contribution is -2.04. The highest BCUT2D eigenvalue weighted by Gasteiger charge is 2.25. The average Bonchev–Trinajstić information content (AvgIpc) is 3.32. The maximum absolute atomic E-state index is 12.2. The summed E-state index contributed by atoms with van der Waals surface area (Å²) in [5.41, 5.74) is -0.219. The highest BCUT2D eigenvalue weighted by Crippen LogP contribution is 2.36. The molecule has 0 aliphatic heterocycles. The molecule has 0 saturated heterocycles. The molecule has 32 heavy (non-hydrogen) atoms. The van der Waals surface area contributed by atoms with E-state index in [1.807, 2.05) is 0 Å². The topological polar surface area (TPSA) is 169 Å². The van der Waals surface area contributed by atoms with Crippen molar-refractivity contribution in [3.8, 4) is 11.7 Å². The summed E-state index contributed by atoms with van der Waals surface area (Å²) in [5.74, 6) is -1.23. The number of benzene rings is 1. The molecular weight excluding hydrogens is 460 g/mol. The smallest absolute Gasteiger partial charge is 0.366 e. The van der Waals surface area contributed by atoms with Gasteiger partial charge in [-0.2, -0.15) is 18.2 Å². The Balaban J connectivity index is 1.76. The molecule has 0 aliphatic carbocycles. The van der Waals surface area contributed by atoms with E-state index in [0.717, 1.165) is 22.3 Å². The third kappa shape index (κ3) is 4.09. The summed E-state index contributed by atoms with van der Waals surface area (Å²) in [6.45, 7) is 3.31. The summed E-state index contributed by atoms with van der Waals surface area (Å²) in [7, 11) is -4.37. The third-order valence-corrected chi connectivity index (χ3v) is 5.72. The highest BCUT2D eigenvalue weighted by molar-refractivity contribution is 7.85. The van der Waals surface area contributed by atoms with Gasteiger partial charge in [-0.3, -0.25) is 4.55 Å². The minimum Gasteiger partial charge on any atom is -0.492 e. The highest BCUT2D eigenvalue weighted by atomic mass is 32.2. The van der Waals surface area contributed by atoms with E-state index in [2.05, 4.69) is 31.9 Å². The Hall–Kier alpha value is -4.01.